The highest BCUT2D eigenvalue weighted by atomic mass is 16.1. The molecule has 0 saturated carbocycles. The van der Waals surface area contributed by atoms with Crippen LogP contribution in [-0.2, 0) is 6.54 Å². The number of rotatable bonds is 6. The predicted molar refractivity (Wildman–Crippen MR) is 87.8 cm³/mol. The number of benzene rings is 1. The fourth-order valence-electron chi connectivity index (χ4n) is 1.97. The van der Waals surface area contributed by atoms with Crippen molar-refractivity contribution in [1.29, 1.82) is 0 Å². The molecule has 1 heterocycles. The molecular formula is C17H22N4O. The van der Waals surface area contributed by atoms with Crippen LogP contribution in [0, 0.1) is 0 Å². The highest BCUT2D eigenvalue weighted by molar-refractivity contribution is 5.93. The van der Waals surface area contributed by atoms with Gasteiger partial charge in [-0.05, 0) is 18.9 Å². The first-order valence-electron chi connectivity index (χ1n) is 7.48. The summed E-state index contributed by atoms with van der Waals surface area (Å²) in [5.41, 5.74) is 1.67. The highest BCUT2D eigenvalue weighted by Crippen LogP contribution is 2.10. The summed E-state index contributed by atoms with van der Waals surface area (Å²) in [7, 11) is 1.93. The van der Waals surface area contributed by atoms with Gasteiger partial charge in [0, 0.05) is 32.0 Å². The molecule has 1 aromatic heterocycles. The van der Waals surface area contributed by atoms with Crippen LogP contribution < -0.4 is 10.2 Å². The van der Waals surface area contributed by atoms with E-state index in [2.05, 4.69) is 27.4 Å². The van der Waals surface area contributed by atoms with Crippen molar-refractivity contribution < 1.29 is 4.79 Å². The van der Waals surface area contributed by atoms with Crippen LogP contribution in [0.3, 0.4) is 0 Å². The van der Waals surface area contributed by atoms with Gasteiger partial charge in [0.1, 0.15) is 0 Å². The number of nitrogens with zero attached hydrogens (tertiary/aromatic N) is 3. The highest BCUT2D eigenvalue weighted by Gasteiger charge is 2.11. The maximum Gasteiger partial charge on any atom is 0.254 e. The van der Waals surface area contributed by atoms with E-state index in [-0.39, 0.29) is 11.9 Å². The summed E-state index contributed by atoms with van der Waals surface area (Å²) in [4.78, 5) is 22.5. The normalized spacial score (nSPS) is 11.8. The molecule has 2 rings (SSSR count). The Morgan fingerprint density at radius 1 is 1.23 bits per heavy atom. The number of aromatic nitrogens is 2. The van der Waals surface area contributed by atoms with Gasteiger partial charge in [-0.15, -0.1) is 0 Å². The molecule has 1 amide bonds. The van der Waals surface area contributed by atoms with Crippen LogP contribution in [0.4, 0.5) is 5.95 Å². The molecule has 0 aliphatic heterocycles. The fraction of sp³-hybridized carbons (Fsp3) is 0.353. The molecule has 5 nitrogen and oxygen atoms in total. The minimum atomic E-state index is -0.133. The van der Waals surface area contributed by atoms with Gasteiger partial charge in [-0.1, -0.05) is 37.3 Å². The lowest BCUT2D eigenvalue weighted by Crippen LogP contribution is -2.32. The minimum absolute atomic E-state index is 0.133. The molecule has 2 aromatic rings. The molecule has 0 spiro atoms. The van der Waals surface area contributed by atoms with Gasteiger partial charge in [0.2, 0.25) is 5.95 Å². The summed E-state index contributed by atoms with van der Waals surface area (Å²) in [5.74, 6) is 0.468. The molecular weight excluding hydrogens is 276 g/mol. The van der Waals surface area contributed by atoms with Crippen LogP contribution in [-0.4, -0.2) is 29.0 Å². The molecule has 116 valence electrons. The zero-order valence-corrected chi connectivity index (χ0v) is 13.3. The van der Waals surface area contributed by atoms with E-state index in [0.29, 0.717) is 11.5 Å². The van der Waals surface area contributed by atoms with Crippen LogP contribution in [0.25, 0.3) is 0 Å². The van der Waals surface area contributed by atoms with E-state index in [1.807, 2.05) is 44.0 Å². The van der Waals surface area contributed by atoms with Gasteiger partial charge in [0.15, 0.2) is 0 Å². The molecule has 1 atom stereocenters. The van der Waals surface area contributed by atoms with Crippen LogP contribution in [0.2, 0.25) is 0 Å². The van der Waals surface area contributed by atoms with Crippen molar-refractivity contribution in [2.75, 3.05) is 11.9 Å². The Balaban J connectivity index is 2.00. The summed E-state index contributed by atoms with van der Waals surface area (Å²) >= 11 is 0. The second-order valence-electron chi connectivity index (χ2n) is 5.40. The summed E-state index contributed by atoms with van der Waals surface area (Å²) in [6.07, 6.45) is 4.04. The molecule has 0 saturated heterocycles. The molecule has 0 fully saturated rings. The zero-order valence-electron chi connectivity index (χ0n) is 13.3. The maximum absolute atomic E-state index is 12.0. The Kier molecular flexibility index (Phi) is 5.47. The average molecular weight is 298 g/mol. The van der Waals surface area contributed by atoms with Gasteiger partial charge < -0.3 is 10.2 Å². The standard InChI is InChI=1S/C17H22N4O/c1-4-13(2)20-16(22)15-10-18-17(19-11-15)21(3)12-14-8-6-5-7-9-14/h5-11,13H,4,12H2,1-3H3,(H,20,22). The van der Waals surface area contributed by atoms with E-state index in [1.165, 1.54) is 5.56 Å². The first-order chi connectivity index (χ1) is 10.6. The third-order valence-electron chi connectivity index (χ3n) is 3.49. The molecule has 0 bridgehead atoms. The van der Waals surface area contributed by atoms with Gasteiger partial charge >= 0.3 is 0 Å². The summed E-state index contributed by atoms with van der Waals surface area (Å²) in [6, 6.07) is 10.3. The topological polar surface area (TPSA) is 58.1 Å². The van der Waals surface area contributed by atoms with E-state index >= 15 is 0 Å². The number of nitrogens with one attached hydrogen (secondary N) is 1. The van der Waals surface area contributed by atoms with Gasteiger partial charge in [0.25, 0.3) is 5.91 Å². The molecule has 22 heavy (non-hydrogen) atoms. The fourth-order valence-corrected chi connectivity index (χ4v) is 1.97. The number of amides is 1. The summed E-state index contributed by atoms with van der Waals surface area (Å²) in [6.45, 7) is 4.73. The second kappa shape index (κ2) is 7.54. The second-order valence-corrected chi connectivity index (χ2v) is 5.40. The van der Waals surface area contributed by atoms with Crippen molar-refractivity contribution in [2.24, 2.45) is 0 Å². The van der Waals surface area contributed by atoms with E-state index in [1.54, 1.807) is 12.4 Å². The Morgan fingerprint density at radius 3 is 2.45 bits per heavy atom. The van der Waals surface area contributed by atoms with Crippen molar-refractivity contribution in [3.05, 3.63) is 53.9 Å². The Labute approximate surface area is 131 Å². The van der Waals surface area contributed by atoms with Crippen molar-refractivity contribution in [2.45, 2.75) is 32.9 Å². The number of anilines is 1. The first-order valence-corrected chi connectivity index (χ1v) is 7.48. The number of carbonyl (C=O) groups is 1. The number of hydrogen-bond donors (Lipinski definition) is 1. The largest absolute Gasteiger partial charge is 0.350 e. The third kappa shape index (κ3) is 4.28. The first kappa shape index (κ1) is 15.9. The molecule has 0 aliphatic carbocycles. The average Bonchev–Trinajstić information content (AvgIpc) is 2.55. The Bertz CT molecular complexity index is 598. The monoisotopic (exact) mass is 298 g/mol. The van der Waals surface area contributed by atoms with E-state index in [4.69, 9.17) is 0 Å². The molecule has 1 aromatic carbocycles. The number of carbonyl (C=O) groups excluding carboxylic acids is 1. The SMILES string of the molecule is CCC(C)NC(=O)c1cnc(N(C)Cc2ccccc2)nc1. The van der Waals surface area contributed by atoms with Crippen molar-refractivity contribution in [3.63, 3.8) is 0 Å². The zero-order chi connectivity index (χ0) is 15.9. The molecule has 5 heteroatoms. The van der Waals surface area contributed by atoms with Crippen molar-refractivity contribution in [1.82, 2.24) is 15.3 Å². The van der Waals surface area contributed by atoms with Gasteiger partial charge in [0.05, 0.1) is 5.56 Å². The minimum Gasteiger partial charge on any atom is -0.350 e. The van der Waals surface area contributed by atoms with E-state index in [9.17, 15) is 4.79 Å². The maximum atomic E-state index is 12.0. The van der Waals surface area contributed by atoms with Crippen LogP contribution >= 0.6 is 0 Å². The summed E-state index contributed by atoms with van der Waals surface area (Å²) < 4.78 is 0. The third-order valence-corrected chi connectivity index (χ3v) is 3.49. The summed E-state index contributed by atoms with van der Waals surface area (Å²) in [5, 5.41) is 2.90. The van der Waals surface area contributed by atoms with Gasteiger partial charge in [-0.3, -0.25) is 4.79 Å². The quantitative estimate of drug-likeness (QED) is 0.890. The van der Waals surface area contributed by atoms with Crippen LogP contribution in [0.5, 0.6) is 0 Å². The molecule has 0 radical (unpaired) electrons. The molecule has 0 aliphatic rings. The Hall–Kier alpha value is -2.43. The van der Waals surface area contributed by atoms with Gasteiger partial charge in [-0.2, -0.15) is 0 Å². The lowest BCUT2D eigenvalue weighted by atomic mass is 10.2. The number of hydrogen-bond acceptors (Lipinski definition) is 4. The van der Waals surface area contributed by atoms with Crippen molar-refractivity contribution >= 4 is 11.9 Å². The predicted octanol–water partition coefficient (Wildman–Crippen LogP) is 2.64. The van der Waals surface area contributed by atoms with Crippen LogP contribution in [0.15, 0.2) is 42.7 Å². The van der Waals surface area contributed by atoms with Crippen LogP contribution in [0.1, 0.15) is 36.2 Å². The van der Waals surface area contributed by atoms with Crippen molar-refractivity contribution in [3.8, 4) is 0 Å². The smallest absolute Gasteiger partial charge is 0.254 e. The molecule has 1 N–H and O–H groups in total. The lowest BCUT2D eigenvalue weighted by molar-refractivity contribution is 0.0938. The van der Waals surface area contributed by atoms with Gasteiger partial charge in [-0.25, -0.2) is 9.97 Å². The molecule has 1 unspecified atom stereocenters. The lowest BCUT2D eigenvalue weighted by Gasteiger charge is -2.17. The Morgan fingerprint density at radius 2 is 1.86 bits per heavy atom. The van der Waals surface area contributed by atoms with E-state index in [0.717, 1.165) is 13.0 Å². The van der Waals surface area contributed by atoms with E-state index < -0.39 is 0 Å².